The maximum Gasteiger partial charge on any atom is 0.243 e. The van der Waals surface area contributed by atoms with Gasteiger partial charge in [0, 0.05) is 39.7 Å². The van der Waals surface area contributed by atoms with Crippen LogP contribution in [0.2, 0.25) is 0 Å². The number of aryl methyl sites for hydroxylation is 1. The van der Waals surface area contributed by atoms with Crippen molar-refractivity contribution in [3.63, 3.8) is 0 Å². The molecule has 1 aliphatic rings. The molecule has 2 rings (SSSR count). The third-order valence-corrected chi connectivity index (χ3v) is 6.58. The molecule has 8 heteroatoms. The fourth-order valence-corrected chi connectivity index (χ4v) is 4.54. The summed E-state index contributed by atoms with van der Waals surface area (Å²) in [5.74, 6) is 0.487. The Balaban J connectivity index is 1.95. The Morgan fingerprint density at radius 3 is 2.43 bits per heavy atom. The van der Waals surface area contributed by atoms with Gasteiger partial charge in [-0.05, 0) is 30.0 Å². The van der Waals surface area contributed by atoms with Crippen LogP contribution in [0.1, 0.15) is 25.8 Å². The average Bonchev–Trinajstić information content (AvgIpc) is 2.70. The highest BCUT2D eigenvalue weighted by Gasteiger charge is 2.26. The third kappa shape index (κ3) is 6.55. The molecule has 0 atom stereocenters. The molecular formula is C20H32N2O5S. The lowest BCUT2D eigenvalue weighted by atomic mass is 10.1. The summed E-state index contributed by atoms with van der Waals surface area (Å²) in [6.45, 7) is 7.60. The van der Waals surface area contributed by atoms with E-state index in [1.807, 2.05) is 4.90 Å². The van der Waals surface area contributed by atoms with Crippen molar-refractivity contribution in [3.8, 4) is 0 Å². The second kappa shape index (κ2) is 10.9. The van der Waals surface area contributed by atoms with Gasteiger partial charge in [0.15, 0.2) is 0 Å². The molecule has 1 heterocycles. The molecule has 0 aliphatic carbocycles. The van der Waals surface area contributed by atoms with Crippen molar-refractivity contribution in [2.45, 2.75) is 31.6 Å². The first-order valence-corrected chi connectivity index (χ1v) is 11.2. The van der Waals surface area contributed by atoms with E-state index >= 15 is 0 Å². The van der Waals surface area contributed by atoms with Gasteiger partial charge in [0.05, 0.1) is 24.7 Å². The van der Waals surface area contributed by atoms with E-state index in [9.17, 15) is 13.2 Å². The molecule has 1 saturated heterocycles. The van der Waals surface area contributed by atoms with E-state index in [-0.39, 0.29) is 10.8 Å². The van der Waals surface area contributed by atoms with E-state index in [4.69, 9.17) is 9.47 Å². The normalized spacial score (nSPS) is 15.7. The fraction of sp³-hybridized carbons (Fsp3) is 0.650. The van der Waals surface area contributed by atoms with Crippen molar-refractivity contribution in [3.05, 3.63) is 29.8 Å². The lowest BCUT2D eigenvalue weighted by Gasteiger charge is -2.26. The molecule has 0 aromatic heterocycles. The van der Waals surface area contributed by atoms with Crippen LogP contribution in [-0.2, 0) is 30.7 Å². The SMILES string of the molecule is COCCN(CC(C)C)C(=O)CCc1ccc(S(=O)(=O)N2CCOCC2)cc1. The Labute approximate surface area is 168 Å². The van der Waals surface area contributed by atoms with Crippen LogP contribution in [0.3, 0.4) is 0 Å². The van der Waals surface area contributed by atoms with E-state index in [0.717, 1.165) is 5.56 Å². The van der Waals surface area contributed by atoms with Crippen molar-refractivity contribution in [1.82, 2.24) is 9.21 Å². The van der Waals surface area contributed by atoms with Crippen LogP contribution in [0.4, 0.5) is 0 Å². The maximum atomic E-state index is 12.7. The second-order valence-corrected chi connectivity index (χ2v) is 9.32. The van der Waals surface area contributed by atoms with Gasteiger partial charge >= 0.3 is 0 Å². The van der Waals surface area contributed by atoms with Crippen molar-refractivity contribution in [1.29, 1.82) is 0 Å². The summed E-state index contributed by atoms with van der Waals surface area (Å²) >= 11 is 0. The number of benzene rings is 1. The minimum absolute atomic E-state index is 0.0933. The predicted octanol–water partition coefficient (Wildman–Crippen LogP) is 1.77. The average molecular weight is 413 g/mol. The topological polar surface area (TPSA) is 76.2 Å². The van der Waals surface area contributed by atoms with Crippen LogP contribution in [0.25, 0.3) is 0 Å². The maximum absolute atomic E-state index is 12.7. The smallest absolute Gasteiger partial charge is 0.243 e. The van der Waals surface area contributed by atoms with Crippen LogP contribution in [-0.4, -0.2) is 76.6 Å². The van der Waals surface area contributed by atoms with Gasteiger partial charge in [0.2, 0.25) is 15.9 Å². The molecule has 0 saturated carbocycles. The fourth-order valence-electron chi connectivity index (χ4n) is 3.13. The van der Waals surface area contributed by atoms with Gasteiger partial charge in [-0.15, -0.1) is 0 Å². The first-order valence-electron chi connectivity index (χ1n) is 9.78. The number of methoxy groups -OCH3 is 1. The van der Waals surface area contributed by atoms with Crippen molar-refractivity contribution < 1.29 is 22.7 Å². The first kappa shape index (κ1) is 22.8. The highest BCUT2D eigenvalue weighted by Crippen LogP contribution is 2.18. The largest absolute Gasteiger partial charge is 0.383 e. The van der Waals surface area contributed by atoms with Gasteiger partial charge in [0.1, 0.15) is 0 Å². The molecule has 7 nitrogen and oxygen atoms in total. The van der Waals surface area contributed by atoms with E-state index in [2.05, 4.69) is 13.8 Å². The van der Waals surface area contributed by atoms with Crippen LogP contribution >= 0.6 is 0 Å². The number of nitrogens with zero attached hydrogens (tertiary/aromatic N) is 2. The number of hydrogen-bond donors (Lipinski definition) is 0. The standard InChI is InChI=1S/C20H32N2O5S/c1-17(2)16-21(10-13-26-3)20(23)9-6-18-4-7-19(8-5-18)28(24,25)22-11-14-27-15-12-22/h4-5,7-8,17H,6,9-16H2,1-3H3. The van der Waals surface area contributed by atoms with Gasteiger partial charge in [0.25, 0.3) is 0 Å². The molecule has 1 aliphatic heterocycles. The van der Waals surface area contributed by atoms with Crippen molar-refractivity contribution in [2.24, 2.45) is 5.92 Å². The number of carbonyl (C=O) groups excluding carboxylic acids is 1. The number of morpholine rings is 1. The molecule has 1 aromatic carbocycles. The molecule has 1 aromatic rings. The van der Waals surface area contributed by atoms with Crippen molar-refractivity contribution >= 4 is 15.9 Å². The van der Waals surface area contributed by atoms with E-state index in [0.29, 0.717) is 64.8 Å². The molecule has 0 bridgehead atoms. The number of amides is 1. The molecule has 158 valence electrons. The summed E-state index contributed by atoms with van der Waals surface area (Å²) < 4.78 is 37.1. The Morgan fingerprint density at radius 1 is 1.21 bits per heavy atom. The third-order valence-electron chi connectivity index (χ3n) is 4.66. The number of ether oxygens (including phenoxy) is 2. The lowest BCUT2D eigenvalue weighted by Crippen LogP contribution is -2.40. The molecular weight excluding hydrogens is 380 g/mol. The quantitative estimate of drug-likeness (QED) is 0.585. The van der Waals surface area contributed by atoms with Crippen molar-refractivity contribution in [2.75, 3.05) is 53.1 Å². The molecule has 0 spiro atoms. The molecule has 0 unspecified atom stereocenters. The summed E-state index contributed by atoms with van der Waals surface area (Å²) in [4.78, 5) is 14.7. The molecule has 0 N–H and O–H groups in total. The first-order chi connectivity index (χ1) is 13.3. The predicted molar refractivity (Wildman–Crippen MR) is 108 cm³/mol. The summed E-state index contributed by atoms with van der Waals surface area (Å²) in [7, 11) is -1.85. The minimum Gasteiger partial charge on any atom is -0.383 e. The van der Waals surface area contributed by atoms with Crippen LogP contribution in [0, 0.1) is 5.92 Å². The lowest BCUT2D eigenvalue weighted by molar-refractivity contribution is -0.132. The number of rotatable bonds is 10. The van der Waals surface area contributed by atoms with E-state index < -0.39 is 10.0 Å². The van der Waals surface area contributed by atoms with Gasteiger partial charge in [-0.3, -0.25) is 4.79 Å². The Bertz CT molecular complexity index is 713. The van der Waals surface area contributed by atoms with Gasteiger partial charge in [-0.2, -0.15) is 4.31 Å². The highest BCUT2D eigenvalue weighted by atomic mass is 32.2. The van der Waals surface area contributed by atoms with Crippen LogP contribution in [0.15, 0.2) is 29.2 Å². The van der Waals surface area contributed by atoms with Crippen LogP contribution in [0.5, 0.6) is 0 Å². The summed E-state index contributed by atoms with van der Waals surface area (Å²) in [6, 6.07) is 6.84. The zero-order valence-electron chi connectivity index (χ0n) is 17.1. The summed E-state index contributed by atoms with van der Waals surface area (Å²) in [5.41, 5.74) is 0.950. The highest BCUT2D eigenvalue weighted by molar-refractivity contribution is 7.89. The Morgan fingerprint density at radius 2 is 1.86 bits per heavy atom. The second-order valence-electron chi connectivity index (χ2n) is 7.39. The van der Waals surface area contributed by atoms with Gasteiger partial charge < -0.3 is 14.4 Å². The van der Waals surface area contributed by atoms with Gasteiger partial charge in [-0.1, -0.05) is 26.0 Å². The zero-order valence-corrected chi connectivity index (χ0v) is 17.9. The molecule has 28 heavy (non-hydrogen) atoms. The van der Waals surface area contributed by atoms with Gasteiger partial charge in [-0.25, -0.2) is 8.42 Å². The number of sulfonamides is 1. The molecule has 1 amide bonds. The van der Waals surface area contributed by atoms with E-state index in [1.54, 1.807) is 31.4 Å². The minimum atomic E-state index is -3.48. The van der Waals surface area contributed by atoms with E-state index in [1.165, 1.54) is 4.31 Å². The monoisotopic (exact) mass is 412 g/mol. The molecule has 1 fully saturated rings. The van der Waals surface area contributed by atoms with Crippen LogP contribution < -0.4 is 0 Å². The number of hydrogen-bond acceptors (Lipinski definition) is 5. The molecule has 0 radical (unpaired) electrons. The summed E-state index contributed by atoms with van der Waals surface area (Å²) in [5, 5.41) is 0. The Hall–Kier alpha value is -1.48. The Kier molecular flexibility index (Phi) is 8.88. The summed E-state index contributed by atoms with van der Waals surface area (Å²) in [6.07, 6.45) is 0.976. The number of carbonyl (C=O) groups is 1. The zero-order chi connectivity index (χ0) is 20.6.